The Morgan fingerprint density at radius 1 is 0.700 bits per heavy atom. The molecular formula is C6H3F11O3. The van der Waals surface area contributed by atoms with Gasteiger partial charge in [0.1, 0.15) is 6.61 Å². The molecule has 0 amide bonds. The molecule has 1 N–H and O–H groups in total. The zero-order valence-corrected chi connectivity index (χ0v) is 8.63. The molecule has 0 spiro atoms. The van der Waals surface area contributed by atoms with Crippen LogP contribution in [-0.2, 0) is 9.47 Å². The number of aliphatic hydroxyl groups is 1. The zero-order valence-electron chi connectivity index (χ0n) is 8.63. The minimum atomic E-state index is -6.96. The van der Waals surface area contributed by atoms with Crippen LogP contribution in [0, 0.1) is 0 Å². The minimum absolute atomic E-state index is 1.51. The van der Waals surface area contributed by atoms with Crippen molar-refractivity contribution in [3.05, 3.63) is 0 Å². The summed E-state index contributed by atoms with van der Waals surface area (Å²) < 4.78 is 136. The molecule has 0 aromatic rings. The van der Waals surface area contributed by atoms with Gasteiger partial charge in [0.2, 0.25) is 0 Å². The maximum absolute atomic E-state index is 12.5. The van der Waals surface area contributed by atoms with Gasteiger partial charge in [-0.2, -0.15) is 35.1 Å². The first kappa shape index (κ1) is 19.1. The first-order chi connectivity index (χ1) is 8.41. The molecule has 122 valence electrons. The molecule has 0 aliphatic rings. The van der Waals surface area contributed by atoms with Crippen molar-refractivity contribution in [2.24, 2.45) is 0 Å². The van der Waals surface area contributed by atoms with Crippen LogP contribution in [-0.4, -0.2) is 42.3 Å². The number of ether oxygens (including phenoxy) is 2. The smallest absolute Gasteiger partial charge is 0.334 e. The van der Waals surface area contributed by atoms with Crippen molar-refractivity contribution in [2.75, 3.05) is 6.61 Å². The van der Waals surface area contributed by atoms with E-state index in [0.717, 1.165) is 0 Å². The lowest BCUT2D eigenvalue weighted by molar-refractivity contribution is -0.510. The van der Waals surface area contributed by atoms with Gasteiger partial charge in [0, 0.05) is 0 Å². The van der Waals surface area contributed by atoms with Crippen molar-refractivity contribution in [1.29, 1.82) is 0 Å². The highest BCUT2D eigenvalue weighted by atomic mass is 19.4. The molecule has 0 aromatic heterocycles. The molecule has 0 fully saturated rings. The van der Waals surface area contributed by atoms with Gasteiger partial charge in [-0.05, 0) is 0 Å². The topological polar surface area (TPSA) is 38.7 Å². The molecule has 0 rings (SSSR count). The van der Waals surface area contributed by atoms with Crippen LogP contribution in [0.2, 0.25) is 0 Å². The third-order valence-electron chi connectivity index (χ3n) is 1.40. The van der Waals surface area contributed by atoms with Gasteiger partial charge in [-0.15, -0.1) is 13.2 Å². The Bertz CT molecular complexity index is 330. The quantitative estimate of drug-likeness (QED) is 0.760. The van der Waals surface area contributed by atoms with E-state index in [-0.39, 0.29) is 0 Å². The summed E-state index contributed by atoms with van der Waals surface area (Å²) in [5, 5.41) is 7.60. The minimum Gasteiger partial charge on any atom is -0.334 e. The Labute approximate surface area is 101 Å². The van der Waals surface area contributed by atoms with E-state index in [1.807, 2.05) is 0 Å². The van der Waals surface area contributed by atoms with Crippen molar-refractivity contribution >= 4 is 0 Å². The van der Waals surface area contributed by atoms with E-state index in [0.29, 0.717) is 0 Å². The van der Waals surface area contributed by atoms with E-state index in [4.69, 9.17) is 5.11 Å². The fourth-order valence-corrected chi connectivity index (χ4v) is 0.647. The van der Waals surface area contributed by atoms with E-state index in [1.165, 1.54) is 4.74 Å². The van der Waals surface area contributed by atoms with Gasteiger partial charge in [0.15, 0.2) is 0 Å². The van der Waals surface area contributed by atoms with E-state index in [9.17, 15) is 48.3 Å². The Morgan fingerprint density at radius 3 is 1.40 bits per heavy atom. The molecule has 0 saturated heterocycles. The predicted octanol–water partition coefficient (Wildman–Crippen LogP) is 2.95. The van der Waals surface area contributed by atoms with Gasteiger partial charge < -0.3 is 9.84 Å². The molecule has 0 aromatic carbocycles. The predicted molar refractivity (Wildman–Crippen MR) is 35.1 cm³/mol. The summed E-state index contributed by atoms with van der Waals surface area (Å²) in [5.74, 6) is -6.96. The SMILES string of the molecule is OC(F)(F)COC(F)(F)C(F)(F)C(F)(F)OC(F)(F)F. The van der Waals surface area contributed by atoms with Gasteiger partial charge >= 0.3 is 30.6 Å². The lowest BCUT2D eigenvalue weighted by atomic mass is 10.3. The van der Waals surface area contributed by atoms with E-state index >= 15 is 0 Å². The largest absolute Gasteiger partial charge is 0.527 e. The van der Waals surface area contributed by atoms with Crippen LogP contribution in [0.4, 0.5) is 48.3 Å². The van der Waals surface area contributed by atoms with E-state index < -0.39 is 37.2 Å². The highest BCUT2D eigenvalue weighted by Gasteiger charge is 2.77. The van der Waals surface area contributed by atoms with Crippen LogP contribution >= 0.6 is 0 Å². The molecule has 0 radical (unpaired) electrons. The number of halogens is 11. The summed E-state index contributed by atoms with van der Waals surface area (Å²) in [5.41, 5.74) is 0. The van der Waals surface area contributed by atoms with Crippen molar-refractivity contribution in [3.63, 3.8) is 0 Å². The second-order valence-electron chi connectivity index (χ2n) is 3.11. The van der Waals surface area contributed by atoms with E-state index in [1.54, 1.807) is 0 Å². The Hall–Kier alpha value is -0.890. The van der Waals surface area contributed by atoms with Crippen LogP contribution in [0.1, 0.15) is 0 Å². The standard InChI is InChI=1S/C6H3F11O3/c7-2(8,18)1-19-4(11,12)3(9,10)5(13,14)20-6(15,16)17/h18H,1H2. The third-order valence-corrected chi connectivity index (χ3v) is 1.40. The van der Waals surface area contributed by atoms with Crippen molar-refractivity contribution < 1.29 is 62.9 Å². The first-order valence-corrected chi connectivity index (χ1v) is 4.06. The van der Waals surface area contributed by atoms with Crippen molar-refractivity contribution in [3.8, 4) is 0 Å². The molecule has 0 unspecified atom stereocenters. The average molecular weight is 332 g/mol. The normalized spacial score (nSPS) is 15.6. The van der Waals surface area contributed by atoms with Crippen LogP contribution in [0.3, 0.4) is 0 Å². The molecule has 14 heteroatoms. The number of hydrogen-bond acceptors (Lipinski definition) is 3. The van der Waals surface area contributed by atoms with Gasteiger partial charge in [0.25, 0.3) is 0 Å². The second kappa shape index (κ2) is 5.14. The fraction of sp³-hybridized carbons (Fsp3) is 1.00. The summed E-state index contributed by atoms with van der Waals surface area (Å²) >= 11 is 0. The number of hydrogen-bond donors (Lipinski definition) is 1. The summed E-state index contributed by atoms with van der Waals surface area (Å²) in [6.45, 7) is -2.88. The molecule has 0 saturated carbocycles. The molecule has 20 heavy (non-hydrogen) atoms. The van der Waals surface area contributed by atoms with Gasteiger partial charge in [-0.1, -0.05) is 0 Å². The average Bonchev–Trinajstić information content (AvgIpc) is 2.09. The first-order valence-electron chi connectivity index (χ1n) is 4.06. The highest BCUT2D eigenvalue weighted by molar-refractivity contribution is 4.86. The van der Waals surface area contributed by atoms with Crippen LogP contribution < -0.4 is 0 Å². The van der Waals surface area contributed by atoms with Gasteiger partial charge in [-0.3, -0.25) is 0 Å². The summed E-state index contributed by atoms with van der Waals surface area (Å²) in [4.78, 5) is 0. The van der Waals surface area contributed by atoms with Crippen LogP contribution in [0.5, 0.6) is 0 Å². The van der Waals surface area contributed by atoms with Crippen LogP contribution in [0.25, 0.3) is 0 Å². The lowest BCUT2D eigenvalue weighted by Crippen LogP contribution is -2.58. The molecule has 0 heterocycles. The van der Waals surface area contributed by atoms with E-state index in [2.05, 4.69) is 4.74 Å². The van der Waals surface area contributed by atoms with Crippen molar-refractivity contribution in [1.82, 2.24) is 0 Å². The Balaban J connectivity index is 5.17. The Kier molecular flexibility index (Phi) is 4.91. The highest BCUT2D eigenvalue weighted by Crippen LogP contribution is 2.49. The fourth-order valence-electron chi connectivity index (χ4n) is 0.647. The summed E-state index contributed by atoms with van der Waals surface area (Å²) in [7, 11) is 0. The maximum atomic E-state index is 12.5. The molecule has 0 aliphatic carbocycles. The third kappa shape index (κ3) is 4.90. The molecular weight excluding hydrogens is 329 g/mol. The molecule has 0 aliphatic heterocycles. The molecule has 0 bridgehead atoms. The summed E-state index contributed by atoms with van der Waals surface area (Å²) in [6.07, 6.45) is -24.9. The Morgan fingerprint density at radius 2 is 1.10 bits per heavy atom. The van der Waals surface area contributed by atoms with Crippen molar-refractivity contribution in [2.45, 2.75) is 30.6 Å². The zero-order chi connectivity index (χ0) is 16.6. The number of rotatable bonds is 6. The van der Waals surface area contributed by atoms with Crippen LogP contribution in [0.15, 0.2) is 0 Å². The monoisotopic (exact) mass is 332 g/mol. The van der Waals surface area contributed by atoms with Gasteiger partial charge in [-0.25, -0.2) is 4.74 Å². The van der Waals surface area contributed by atoms with Gasteiger partial charge in [0.05, 0.1) is 0 Å². The summed E-state index contributed by atoms with van der Waals surface area (Å²) in [6, 6.07) is 0. The lowest BCUT2D eigenvalue weighted by Gasteiger charge is -2.32. The maximum Gasteiger partial charge on any atom is 0.527 e. The molecule has 0 atom stereocenters. The second-order valence-corrected chi connectivity index (χ2v) is 3.11. The molecule has 3 nitrogen and oxygen atoms in total. The number of alkyl halides is 11.